The summed E-state index contributed by atoms with van der Waals surface area (Å²) in [5.41, 5.74) is 20.3. The number of anilines is 2. The molecule has 7 nitrogen and oxygen atoms in total. The molecule has 1 amide bonds. The summed E-state index contributed by atoms with van der Waals surface area (Å²) < 4.78 is 0. The summed E-state index contributed by atoms with van der Waals surface area (Å²) >= 11 is 6.30. The van der Waals surface area contributed by atoms with Crippen LogP contribution in [0.1, 0.15) is 40.5 Å². The van der Waals surface area contributed by atoms with Crippen LogP contribution in [0.5, 0.6) is 0 Å². The Bertz CT molecular complexity index is 904. The fourth-order valence-corrected chi connectivity index (χ4v) is 2.56. The van der Waals surface area contributed by atoms with Gasteiger partial charge in [0.05, 0.1) is 5.02 Å². The maximum atomic E-state index is 11.6. The molecule has 0 aliphatic carbocycles. The number of nitrogen functional groups attached to an aromatic ring is 1. The maximum absolute atomic E-state index is 11.6. The van der Waals surface area contributed by atoms with E-state index >= 15 is 0 Å². The van der Waals surface area contributed by atoms with Crippen molar-refractivity contribution in [3.8, 4) is 11.8 Å². The van der Waals surface area contributed by atoms with Crippen LogP contribution >= 0.6 is 11.6 Å². The minimum absolute atomic E-state index is 0.190. The number of hydrogen-bond acceptors (Lipinski definition) is 5. The first-order valence-electron chi connectivity index (χ1n) is 7.51. The zero-order chi connectivity index (χ0) is 18.6. The molecule has 0 bridgehead atoms. The van der Waals surface area contributed by atoms with Gasteiger partial charge in [0.15, 0.2) is 5.82 Å². The second-order valence-corrected chi connectivity index (χ2v) is 5.56. The molecule has 2 aromatic rings. The summed E-state index contributed by atoms with van der Waals surface area (Å²) in [5, 5.41) is 9.82. The van der Waals surface area contributed by atoms with Crippen molar-refractivity contribution in [3.05, 3.63) is 45.7 Å². The largest absolute Gasteiger partial charge is 0.404 e. The molecule has 0 fully saturated rings. The molecule has 8 N–H and O–H groups in total. The van der Waals surface area contributed by atoms with Gasteiger partial charge < -0.3 is 22.5 Å². The highest BCUT2D eigenvalue weighted by Gasteiger charge is 2.16. The highest BCUT2D eigenvalue weighted by atomic mass is 35.5. The number of halogens is 1. The van der Waals surface area contributed by atoms with Gasteiger partial charge >= 0.3 is 0 Å². The lowest BCUT2D eigenvalue weighted by Crippen LogP contribution is -2.13. The molecule has 0 aliphatic rings. The predicted molar refractivity (Wildman–Crippen MR) is 101 cm³/mol. The number of H-pyrrole nitrogens is 1. The van der Waals surface area contributed by atoms with Crippen LogP contribution in [-0.2, 0) is 0 Å². The SMILES string of the molecule is CC/C(=C/N)c1cc(Cl)c(C#Cc2[nH]nc(NC)c2C(N)=O)cc1N. The number of nitrogens with zero attached hydrogens (tertiary/aromatic N) is 1. The zero-order valence-electron chi connectivity index (χ0n) is 13.9. The molecule has 130 valence electrons. The molecule has 25 heavy (non-hydrogen) atoms. The van der Waals surface area contributed by atoms with Gasteiger partial charge in [0.1, 0.15) is 11.3 Å². The third-order valence-electron chi connectivity index (χ3n) is 3.64. The Morgan fingerprint density at radius 1 is 1.44 bits per heavy atom. The molecule has 0 atom stereocenters. The van der Waals surface area contributed by atoms with Gasteiger partial charge in [0.2, 0.25) is 0 Å². The van der Waals surface area contributed by atoms with Gasteiger partial charge in [-0.2, -0.15) is 5.10 Å². The summed E-state index contributed by atoms with van der Waals surface area (Å²) in [6.07, 6.45) is 2.24. The van der Waals surface area contributed by atoms with Crippen LogP contribution < -0.4 is 22.5 Å². The lowest BCUT2D eigenvalue weighted by atomic mass is 10.0. The van der Waals surface area contributed by atoms with E-state index in [9.17, 15) is 4.79 Å². The normalized spacial score (nSPS) is 10.9. The van der Waals surface area contributed by atoms with Crippen LogP contribution in [0.25, 0.3) is 5.57 Å². The maximum Gasteiger partial charge on any atom is 0.255 e. The Balaban J connectivity index is 2.47. The highest BCUT2D eigenvalue weighted by Crippen LogP contribution is 2.29. The number of allylic oxidation sites excluding steroid dienone is 1. The van der Waals surface area contributed by atoms with Crippen LogP contribution in [0.4, 0.5) is 11.5 Å². The predicted octanol–water partition coefficient (Wildman–Crippen LogP) is 1.90. The van der Waals surface area contributed by atoms with Gasteiger partial charge in [0, 0.05) is 23.9 Å². The molecule has 1 aromatic carbocycles. The topological polar surface area (TPSA) is 136 Å². The Hall–Kier alpha value is -3.11. The lowest BCUT2D eigenvalue weighted by Gasteiger charge is -2.10. The molecule has 1 aromatic heterocycles. The summed E-state index contributed by atoms with van der Waals surface area (Å²) in [6.45, 7) is 1.97. The van der Waals surface area contributed by atoms with Crippen molar-refractivity contribution in [2.24, 2.45) is 11.5 Å². The van der Waals surface area contributed by atoms with Gasteiger partial charge in [-0.3, -0.25) is 9.89 Å². The molecule has 1 heterocycles. The van der Waals surface area contributed by atoms with Crippen molar-refractivity contribution < 1.29 is 4.79 Å². The molecule has 0 unspecified atom stereocenters. The van der Waals surface area contributed by atoms with Crippen LogP contribution in [0.3, 0.4) is 0 Å². The van der Waals surface area contributed by atoms with E-state index in [0.717, 1.165) is 17.6 Å². The first-order valence-corrected chi connectivity index (χ1v) is 7.88. The van der Waals surface area contributed by atoms with E-state index in [1.165, 1.54) is 6.20 Å². The molecular formula is C17H19ClN6O. The zero-order valence-corrected chi connectivity index (χ0v) is 14.7. The number of hydrogen-bond donors (Lipinski definition) is 5. The van der Waals surface area contributed by atoms with Crippen molar-refractivity contribution in [2.45, 2.75) is 13.3 Å². The van der Waals surface area contributed by atoms with E-state index in [4.69, 9.17) is 28.8 Å². The third-order valence-corrected chi connectivity index (χ3v) is 3.95. The van der Waals surface area contributed by atoms with E-state index in [1.54, 1.807) is 19.2 Å². The Morgan fingerprint density at radius 3 is 2.72 bits per heavy atom. The van der Waals surface area contributed by atoms with E-state index in [2.05, 4.69) is 27.4 Å². The third kappa shape index (κ3) is 3.70. The number of nitrogens with two attached hydrogens (primary N) is 3. The average molecular weight is 359 g/mol. The first kappa shape index (κ1) is 18.2. The highest BCUT2D eigenvalue weighted by molar-refractivity contribution is 6.32. The van der Waals surface area contributed by atoms with Crippen molar-refractivity contribution in [1.82, 2.24) is 10.2 Å². The summed E-state index contributed by atoms with van der Waals surface area (Å²) in [6, 6.07) is 3.40. The molecule has 0 saturated heterocycles. The molecule has 0 saturated carbocycles. The number of carbonyl (C=O) groups excluding carboxylic acids is 1. The summed E-state index contributed by atoms with van der Waals surface area (Å²) in [5.74, 6) is 5.40. The second-order valence-electron chi connectivity index (χ2n) is 5.15. The number of aromatic amines is 1. The number of aromatic nitrogens is 2. The molecular weight excluding hydrogens is 340 g/mol. The van der Waals surface area contributed by atoms with E-state index in [0.29, 0.717) is 27.8 Å². The number of nitrogens with one attached hydrogen (secondary N) is 2. The quantitative estimate of drug-likeness (QED) is 0.420. The minimum Gasteiger partial charge on any atom is -0.404 e. The number of amides is 1. The molecule has 0 radical (unpaired) electrons. The van der Waals surface area contributed by atoms with Gasteiger partial charge in [-0.15, -0.1) is 0 Å². The number of carbonyl (C=O) groups is 1. The Labute approximate surface area is 150 Å². The Kier molecular flexibility index (Phi) is 5.57. The van der Waals surface area contributed by atoms with Gasteiger partial charge in [-0.25, -0.2) is 0 Å². The first-order chi connectivity index (χ1) is 11.9. The Morgan fingerprint density at radius 2 is 2.16 bits per heavy atom. The summed E-state index contributed by atoms with van der Waals surface area (Å²) in [7, 11) is 1.63. The standard InChI is InChI=1S/C17H19ClN6O/c1-3-9(8-19)11-7-12(18)10(6-13(11)20)4-5-14-15(16(21)25)17(22-2)24-23-14/h6-8H,3,19-20H2,1-2H3,(H2,21,25)(H2,22,23,24)/b9-8-. The van der Waals surface area contributed by atoms with Crippen LogP contribution in [0.15, 0.2) is 18.3 Å². The second kappa shape index (κ2) is 7.64. The lowest BCUT2D eigenvalue weighted by molar-refractivity contribution is 0.100. The molecule has 8 heteroatoms. The van der Waals surface area contributed by atoms with Crippen LogP contribution in [0, 0.1) is 11.8 Å². The van der Waals surface area contributed by atoms with Crippen molar-refractivity contribution >= 4 is 34.6 Å². The fraction of sp³-hybridized carbons (Fsp3) is 0.176. The van der Waals surface area contributed by atoms with E-state index < -0.39 is 5.91 Å². The summed E-state index contributed by atoms with van der Waals surface area (Å²) in [4.78, 5) is 11.6. The molecule has 0 spiro atoms. The number of benzene rings is 1. The van der Waals surface area contributed by atoms with E-state index in [-0.39, 0.29) is 5.56 Å². The van der Waals surface area contributed by atoms with Crippen LogP contribution in [0.2, 0.25) is 5.02 Å². The van der Waals surface area contributed by atoms with Gasteiger partial charge in [-0.05, 0) is 36.2 Å². The van der Waals surface area contributed by atoms with Crippen molar-refractivity contribution in [3.63, 3.8) is 0 Å². The van der Waals surface area contributed by atoms with Crippen LogP contribution in [-0.4, -0.2) is 23.2 Å². The smallest absolute Gasteiger partial charge is 0.255 e. The average Bonchev–Trinajstić information content (AvgIpc) is 3.00. The van der Waals surface area contributed by atoms with Crippen molar-refractivity contribution in [2.75, 3.05) is 18.1 Å². The van der Waals surface area contributed by atoms with Crippen molar-refractivity contribution in [1.29, 1.82) is 0 Å². The number of primary amides is 1. The van der Waals surface area contributed by atoms with Gasteiger partial charge in [-0.1, -0.05) is 24.4 Å². The fourth-order valence-electron chi connectivity index (χ4n) is 2.35. The molecule has 2 rings (SSSR count). The van der Waals surface area contributed by atoms with E-state index in [1.807, 2.05) is 6.92 Å². The monoisotopic (exact) mass is 358 g/mol. The number of rotatable bonds is 4. The van der Waals surface area contributed by atoms with Gasteiger partial charge in [0.25, 0.3) is 5.91 Å². The molecule has 0 aliphatic heterocycles. The minimum atomic E-state index is -0.635.